The summed E-state index contributed by atoms with van der Waals surface area (Å²) in [5.74, 6) is -1.70. The van der Waals surface area contributed by atoms with E-state index in [0.29, 0.717) is 25.7 Å². The second kappa shape index (κ2) is 68.6. The molecule has 0 fully saturated rings. The highest BCUT2D eigenvalue weighted by Gasteiger charge is 2.29. The first-order valence-electron chi connectivity index (χ1n) is 35.1. The van der Waals surface area contributed by atoms with Crippen molar-refractivity contribution in [1.82, 2.24) is 0 Å². The Hall–Kier alpha value is -5.35. The van der Waals surface area contributed by atoms with Gasteiger partial charge in [-0.2, -0.15) is 0 Å². The summed E-state index contributed by atoms with van der Waals surface area (Å²) in [5.41, 5.74) is 0. The van der Waals surface area contributed by atoms with Crippen LogP contribution in [0.2, 0.25) is 0 Å². The largest absolute Gasteiger partial charge is 0.472 e. The van der Waals surface area contributed by atoms with Crippen molar-refractivity contribution in [3.8, 4) is 0 Å². The Morgan fingerprint density at radius 2 is 0.537 bits per heavy atom. The quantitative estimate of drug-likeness (QED) is 0.0146. The van der Waals surface area contributed by atoms with Gasteiger partial charge in [0.15, 0.2) is 6.10 Å². The molecule has 5 atom stereocenters. The number of carbonyl (C=O) groups excluding carboxylic acids is 3. The monoisotopic (exact) mass is 1360 g/mol. The number of aliphatic hydroxyl groups is 2. The normalized spacial score (nSPS) is 15.2. The molecule has 0 aromatic heterocycles. The van der Waals surface area contributed by atoms with E-state index in [9.17, 15) is 43.5 Å². The first kappa shape index (κ1) is 89.6. The highest BCUT2D eigenvalue weighted by atomic mass is 31.2. The zero-order valence-corrected chi connectivity index (χ0v) is 59.8. The molecule has 0 rings (SSSR count). The number of carbonyl (C=O) groups is 3. The topological polar surface area (TPSA) is 231 Å². The van der Waals surface area contributed by atoms with Gasteiger partial charge in [-0.05, 0) is 148 Å². The van der Waals surface area contributed by atoms with Crippen LogP contribution in [0.3, 0.4) is 0 Å². The molecule has 0 bridgehead atoms. The van der Waals surface area contributed by atoms with Crippen LogP contribution in [0.1, 0.15) is 226 Å². The fourth-order valence-electron chi connectivity index (χ4n) is 8.36. The predicted octanol–water partition coefficient (Wildman–Crippen LogP) is 19.9. The van der Waals surface area contributed by atoms with Gasteiger partial charge >= 0.3 is 33.6 Å². The van der Waals surface area contributed by atoms with E-state index in [-0.39, 0.29) is 19.3 Å². The lowest BCUT2D eigenvalue weighted by atomic mass is 10.1. The Morgan fingerprint density at radius 3 is 0.874 bits per heavy atom. The molecule has 16 nitrogen and oxygen atoms in total. The summed E-state index contributed by atoms with van der Waals surface area (Å²) in [6.45, 7) is 2.17. The first-order chi connectivity index (χ1) is 46.2. The molecule has 95 heavy (non-hydrogen) atoms. The minimum Gasteiger partial charge on any atom is -0.463 e. The number of phosphoric ester groups is 2. The minimum absolute atomic E-state index is 0.0563. The predicted molar refractivity (Wildman–Crippen MR) is 389 cm³/mol. The van der Waals surface area contributed by atoms with Gasteiger partial charge in [0.05, 0.1) is 26.4 Å². The molecule has 0 radical (unpaired) electrons. The first-order valence-corrected chi connectivity index (χ1v) is 38.1. The van der Waals surface area contributed by atoms with Gasteiger partial charge in [0, 0.05) is 19.3 Å². The van der Waals surface area contributed by atoms with E-state index in [1.165, 1.54) is 0 Å². The molecular weight excluding hydrogens is 1240 g/mol. The van der Waals surface area contributed by atoms with Crippen molar-refractivity contribution in [2.75, 3.05) is 39.6 Å². The molecule has 0 aliphatic carbocycles. The number of ether oxygens (including phenoxy) is 3. The molecule has 0 aliphatic heterocycles. The Kier molecular flexibility index (Phi) is 64.7. The van der Waals surface area contributed by atoms with Gasteiger partial charge in [0.1, 0.15) is 25.4 Å². The lowest BCUT2D eigenvalue weighted by molar-refractivity contribution is -0.161. The van der Waals surface area contributed by atoms with Crippen LogP contribution in [-0.2, 0) is 55.8 Å². The molecule has 18 heteroatoms. The maximum Gasteiger partial charge on any atom is 0.472 e. The second-order valence-corrected chi connectivity index (χ2v) is 25.4. The number of allylic oxidation sites excluding steroid dienone is 30. The number of esters is 3. The lowest BCUT2D eigenvalue weighted by Gasteiger charge is -2.21. The van der Waals surface area contributed by atoms with Crippen molar-refractivity contribution in [3.63, 3.8) is 0 Å². The minimum atomic E-state index is -4.96. The van der Waals surface area contributed by atoms with Crippen LogP contribution >= 0.6 is 15.6 Å². The van der Waals surface area contributed by atoms with Gasteiger partial charge in [-0.15, -0.1) is 0 Å². The number of aliphatic hydroxyl groups excluding tert-OH is 2. The highest BCUT2D eigenvalue weighted by Crippen LogP contribution is 2.45. The highest BCUT2D eigenvalue weighted by molar-refractivity contribution is 7.47. The molecule has 0 aromatic rings. The number of hydrogen-bond acceptors (Lipinski definition) is 14. The Balaban J connectivity index is 4.72. The molecular formula is C77H122O16P2. The van der Waals surface area contributed by atoms with E-state index >= 15 is 0 Å². The van der Waals surface area contributed by atoms with Crippen molar-refractivity contribution < 1.29 is 75.8 Å². The molecule has 0 aromatic carbocycles. The maximum absolute atomic E-state index is 12.9. The fourth-order valence-corrected chi connectivity index (χ4v) is 9.95. The van der Waals surface area contributed by atoms with Gasteiger partial charge in [-0.25, -0.2) is 9.13 Å². The number of unbranched alkanes of at least 4 members (excludes halogenated alkanes) is 11. The van der Waals surface area contributed by atoms with Crippen molar-refractivity contribution >= 4 is 33.6 Å². The van der Waals surface area contributed by atoms with Crippen LogP contribution < -0.4 is 0 Å². The summed E-state index contributed by atoms with van der Waals surface area (Å²) in [7, 11) is -9.83. The van der Waals surface area contributed by atoms with E-state index in [1.54, 1.807) is 0 Å². The average molecular weight is 1370 g/mol. The molecule has 5 unspecified atom stereocenters. The van der Waals surface area contributed by atoms with E-state index in [2.05, 4.69) is 191 Å². The standard InChI is InChI=1S/C77H122O16P2/c1-4-7-10-13-16-19-22-25-28-31-32-33-34-35-36-37-38-41-43-45-48-51-54-57-60-63-75(80)87-66-72(78)67-89-94(83,84)90-68-73(79)69-91-95(85,86)92-71-74(93-77(82)65-62-59-56-53-50-47-44-40-30-27-24-21-18-15-12-9-6-3)70-88-76(81)64-61-58-55-52-49-46-42-39-29-26-23-20-17-14-11-8-5-2/h7-12,16-21,25-30,32-33,35-36,38,41-42,44,46-47,52,55,72-74,78-79H,4-6,13-15,22-24,31,34,37,39-40,43,45,48-51,53-54,56-71H2,1-3H3,(H,83,84)(H,85,86)/b10-7-,11-8-,12-9-,19-16-,20-17-,21-18-,28-25-,29-26-,30-27-,33-32-,36-35-,41-38-,46-42-,47-44-,55-52-. The molecule has 4 N–H and O–H groups in total. The van der Waals surface area contributed by atoms with E-state index < -0.39 is 91.5 Å². The summed E-state index contributed by atoms with van der Waals surface area (Å²) in [4.78, 5) is 58.4. The Morgan fingerprint density at radius 1 is 0.295 bits per heavy atom. The number of phosphoric acid groups is 2. The molecule has 0 spiro atoms. The Labute approximate surface area is 573 Å². The third-order valence-electron chi connectivity index (χ3n) is 13.6. The SMILES string of the molecule is CC/C=C\C/C=C\C/C=C\C/C=C\C/C=C\C/C=C\CCCCCCCCC(=O)OCC(O)COP(=O)(O)OCC(O)COP(=O)(O)OCC(COC(=O)CCC/C=C\C/C=C\C/C=C\C/C=C\C/C=C\CC)OC(=O)CCCCCC/C=C\C/C=C\C/C=C\C/C=C\CC. The van der Waals surface area contributed by atoms with Crippen LogP contribution in [0.15, 0.2) is 182 Å². The van der Waals surface area contributed by atoms with Gasteiger partial charge in [0.2, 0.25) is 0 Å². The van der Waals surface area contributed by atoms with E-state index in [0.717, 1.165) is 161 Å². The lowest BCUT2D eigenvalue weighted by Crippen LogP contribution is -2.30. The van der Waals surface area contributed by atoms with Crippen molar-refractivity contribution in [2.45, 2.75) is 245 Å². The third kappa shape index (κ3) is 69.8. The van der Waals surface area contributed by atoms with Gasteiger partial charge in [-0.1, -0.05) is 242 Å². The number of hydrogen-bond donors (Lipinski definition) is 4. The summed E-state index contributed by atoms with van der Waals surface area (Å²) in [6, 6.07) is 0. The smallest absolute Gasteiger partial charge is 0.463 e. The van der Waals surface area contributed by atoms with Crippen LogP contribution in [0.4, 0.5) is 0 Å². The number of rotatable bonds is 64. The van der Waals surface area contributed by atoms with Crippen LogP contribution in [0, 0.1) is 0 Å². The molecule has 536 valence electrons. The van der Waals surface area contributed by atoms with Gasteiger partial charge in [0.25, 0.3) is 0 Å². The zero-order valence-electron chi connectivity index (χ0n) is 58.0. The summed E-state index contributed by atoms with van der Waals surface area (Å²) < 4.78 is 60.8. The van der Waals surface area contributed by atoms with E-state index in [4.69, 9.17) is 32.3 Å². The van der Waals surface area contributed by atoms with Crippen LogP contribution in [0.25, 0.3) is 0 Å². The van der Waals surface area contributed by atoms with Crippen molar-refractivity contribution in [1.29, 1.82) is 0 Å². The second-order valence-electron chi connectivity index (χ2n) is 22.5. The average Bonchev–Trinajstić information content (AvgIpc) is 1.77. The third-order valence-corrected chi connectivity index (χ3v) is 15.5. The fraction of sp³-hybridized carbons (Fsp3) is 0.571. The Bertz CT molecular complexity index is 2460. The summed E-state index contributed by atoms with van der Waals surface area (Å²) in [6.07, 6.45) is 86.6. The maximum atomic E-state index is 12.9. The molecule has 0 saturated heterocycles. The summed E-state index contributed by atoms with van der Waals surface area (Å²) >= 11 is 0. The van der Waals surface area contributed by atoms with Crippen molar-refractivity contribution in [3.05, 3.63) is 182 Å². The molecule has 0 amide bonds. The molecule has 0 heterocycles. The van der Waals surface area contributed by atoms with E-state index in [1.807, 2.05) is 12.2 Å². The zero-order chi connectivity index (χ0) is 69.5. The van der Waals surface area contributed by atoms with Gasteiger partial charge < -0.3 is 34.2 Å². The van der Waals surface area contributed by atoms with Crippen LogP contribution in [0.5, 0.6) is 0 Å². The van der Waals surface area contributed by atoms with Gasteiger partial charge in [-0.3, -0.25) is 32.5 Å². The van der Waals surface area contributed by atoms with Crippen LogP contribution in [-0.4, -0.2) is 95.9 Å². The summed E-state index contributed by atoms with van der Waals surface area (Å²) in [5, 5.41) is 20.6. The molecule has 0 saturated carbocycles. The van der Waals surface area contributed by atoms with Crippen molar-refractivity contribution in [2.24, 2.45) is 0 Å². The molecule has 0 aliphatic rings.